The number of hydrogen-bond donors (Lipinski definition) is 1. The number of aromatic amines is 1. The molecule has 0 aliphatic carbocycles. The molecule has 2 rings (SSSR count). The van der Waals surface area contributed by atoms with Crippen molar-refractivity contribution in [2.45, 2.75) is 65.3 Å². The third-order valence-corrected chi connectivity index (χ3v) is 9.54. The summed E-state index contributed by atoms with van der Waals surface area (Å²) in [5.74, 6) is 0.209. The molecular weight excluding hydrogens is 370 g/mol. The molecule has 0 aliphatic rings. The summed E-state index contributed by atoms with van der Waals surface area (Å²) < 4.78 is 11.4. The average Bonchev–Trinajstić information content (AvgIpc) is 2.86. The number of nitrogens with zero attached hydrogens (tertiary/aromatic N) is 2. The Morgan fingerprint density at radius 3 is 2.58 bits per heavy atom. The van der Waals surface area contributed by atoms with Crippen LogP contribution >= 0.6 is 11.6 Å². The van der Waals surface area contributed by atoms with E-state index in [9.17, 15) is 4.79 Å². The molecule has 2 heterocycles. The van der Waals surface area contributed by atoms with Gasteiger partial charge in [-0.05, 0) is 32.0 Å². The topological polar surface area (TPSA) is 77.1 Å². The number of ether oxygens (including phenoxy) is 1. The van der Waals surface area contributed by atoms with E-state index in [0.29, 0.717) is 28.8 Å². The molecule has 0 amide bonds. The molecule has 2 aromatic heterocycles. The lowest BCUT2D eigenvalue weighted by atomic mass is 10.2. The van der Waals surface area contributed by atoms with E-state index in [1.165, 1.54) is 0 Å². The van der Waals surface area contributed by atoms with Gasteiger partial charge >= 0.3 is 5.97 Å². The van der Waals surface area contributed by atoms with Crippen molar-refractivity contribution in [2.75, 3.05) is 6.61 Å². The van der Waals surface area contributed by atoms with Gasteiger partial charge in [-0.15, -0.1) is 0 Å². The van der Waals surface area contributed by atoms with Gasteiger partial charge in [0.25, 0.3) is 0 Å². The zero-order valence-corrected chi connectivity index (χ0v) is 18.3. The summed E-state index contributed by atoms with van der Waals surface area (Å²) in [6.07, 6.45) is -0.173. The molecule has 0 aliphatic heterocycles. The van der Waals surface area contributed by atoms with Crippen molar-refractivity contribution in [1.82, 2.24) is 15.0 Å². The molecule has 6 nitrogen and oxygen atoms in total. The Morgan fingerprint density at radius 1 is 1.35 bits per heavy atom. The summed E-state index contributed by atoms with van der Waals surface area (Å²) in [5.41, 5.74) is 2.11. The highest BCUT2D eigenvalue weighted by Crippen LogP contribution is 2.40. The predicted octanol–water partition coefficient (Wildman–Crippen LogP) is 4.80. The minimum atomic E-state index is -1.98. The highest BCUT2D eigenvalue weighted by atomic mass is 35.5. The maximum atomic E-state index is 11.7. The second kappa shape index (κ2) is 7.66. The molecule has 0 saturated heterocycles. The smallest absolute Gasteiger partial charge is 0.313 e. The zero-order chi connectivity index (χ0) is 19.7. The Morgan fingerprint density at radius 2 is 2.00 bits per heavy atom. The van der Waals surface area contributed by atoms with E-state index >= 15 is 0 Å². The van der Waals surface area contributed by atoms with Crippen LogP contribution in [0.2, 0.25) is 23.3 Å². The summed E-state index contributed by atoms with van der Waals surface area (Å²) >= 11 is 6.20. The Kier molecular flexibility index (Phi) is 6.15. The summed E-state index contributed by atoms with van der Waals surface area (Å²) in [4.78, 5) is 23.9. The van der Waals surface area contributed by atoms with Crippen molar-refractivity contribution in [1.29, 1.82) is 0 Å². The first-order valence-electron chi connectivity index (χ1n) is 8.83. The number of halogens is 1. The molecule has 26 heavy (non-hydrogen) atoms. The molecular formula is C18H28ClN3O3Si. The van der Waals surface area contributed by atoms with Crippen LogP contribution in [0.5, 0.6) is 0 Å². The number of hydrogen-bond acceptors (Lipinski definition) is 5. The number of esters is 1. The third kappa shape index (κ3) is 4.63. The fraction of sp³-hybridized carbons (Fsp3) is 0.611. The summed E-state index contributed by atoms with van der Waals surface area (Å²) in [6.45, 7) is 15.1. The normalized spacial score (nSPS) is 13.8. The Balaban J connectivity index is 2.37. The molecule has 0 radical (unpaired) electrons. The number of rotatable bonds is 6. The molecule has 0 aromatic carbocycles. The second-order valence-electron chi connectivity index (χ2n) is 7.91. The van der Waals surface area contributed by atoms with Crippen molar-refractivity contribution in [3.05, 3.63) is 22.7 Å². The fourth-order valence-electron chi connectivity index (χ4n) is 2.45. The zero-order valence-electron chi connectivity index (χ0n) is 16.6. The summed E-state index contributed by atoms with van der Waals surface area (Å²) in [6, 6.07) is 1.71. The lowest BCUT2D eigenvalue weighted by Gasteiger charge is -2.38. The van der Waals surface area contributed by atoms with E-state index in [1.807, 2.05) is 6.92 Å². The minimum absolute atomic E-state index is 0.0804. The van der Waals surface area contributed by atoms with Crippen LogP contribution in [0.15, 0.2) is 6.07 Å². The van der Waals surface area contributed by atoms with Crippen LogP contribution < -0.4 is 0 Å². The Bertz CT molecular complexity index is 799. The Hall–Kier alpha value is -1.44. The van der Waals surface area contributed by atoms with Crippen LogP contribution in [0.1, 0.15) is 52.2 Å². The van der Waals surface area contributed by atoms with E-state index in [2.05, 4.69) is 48.8 Å². The number of carbonyl (C=O) groups excluding carboxylic acids is 1. The van der Waals surface area contributed by atoms with Crippen LogP contribution in [-0.4, -0.2) is 35.8 Å². The van der Waals surface area contributed by atoms with Gasteiger partial charge in [-0.2, -0.15) is 0 Å². The molecule has 0 fully saturated rings. The molecule has 8 heteroatoms. The summed E-state index contributed by atoms with van der Waals surface area (Å²) in [5, 5.41) is 0.448. The summed E-state index contributed by atoms with van der Waals surface area (Å²) in [7, 11) is -1.98. The van der Waals surface area contributed by atoms with E-state index in [-0.39, 0.29) is 23.5 Å². The average molecular weight is 398 g/mol. The second-order valence-corrected chi connectivity index (χ2v) is 13.1. The SMILES string of the molecule is CCOC(=O)Cc1nc2c(C(C)O[Si](C)(C)C(C)(C)C)nc(Cl)cc2[nH]1. The first kappa shape index (κ1) is 20.9. The number of pyridine rings is 1. The van der Waals surface area contributed by atoms with Gasteiger partial charge < -0.3 is 14.1 Å². The molecule has 0 saturated carbocycles. The molecule has 2 aromatic rings. The maximum Gasteiger partial charge on any atom is 0.313 e. The highest BCUT2D eigenvalue weighted by Gasteiger charge is 2.39. The minimum Gasteiger partial charge on any atom is -0.466 e. The standard InChI is InChI=1S/C18H28ClN3O3Si/c1-8-24-15(23)10-14-20-12-9-13(19)21-16(17(12)22-14)11(2)25-26(6,7)18(3,4)5/h9,11H,8,10H2,1-7H3,(H,20,22). The van der Waals surface area contributed by atoms with Crippen LogP contribution in [0, 0.1) is 0 Å². The fourth-order valence-corrected chi connectivity index (χ4v) is 4.00. The first-order chi connectivity index (χ1) is 11.9. The molecule has 1 N–H and O–H groups in total. The molecule has 1 unspecified atom stereocenters. The van der Waals surface area contributed by atoms with Crippen LogP contribution in [0.4, 0.5) is 0 Å². The molecule has 0 bridgehead atoms. The maximum absolute atomic E-state index is 11.7. The predicted molar refractivity (Wildman–Crippen MR) is 106 cm³/mol. The van der Waals surface area contributed by atoms with Gasteiger partial charge in [-0.3, -0.25) is 4.79 Å². The first-order valence-corrected chi connectivity index (χ1v) is 12.1. The van der Waals surface area contributed by atoms with Gasteiger partial charge in [0.15, 0.2) is 8.32 Å². The molecule has 0 spiro atoms. The third-order valence-electron chi connectivity index (χ3n) is 4.79. The van der Waals surface area contributed by atoms with Gasteiger partial charge in [-0.25, -0.2) is 9.97 Å². The number of H-pyrrole nitrogens is 1. The van der Waals surface area contributed by atoms with Gasteiger partial charge in [0.1, 0.15) is 22.9 Å². The van der Waals surface area contributed by atoms with Crippen LogP contribution in [-0.2, 0) is 20.4 Å². The lowest BCUT2D eigenvalue weighted by Crippen LogP contribution is -2.41. The van der Waals surface area contributed by atoms with Crippen LogP contribution in [0.3, 0.4) is 0 Å². The van der Waals surface area contributed by atoms with Crippen molar-refractivity contribution in [3.63, 3.8) is 0 Å². The molecule has 144 valence electrons. The number of carbonyl (C=O) groups is 1. The van der Waals surface area contributed by atoms with Crippen molar-refractivity contribution in [3.8, 4) is 0 Å². The molecule has 1 atom stereocenters. The number of nitrogens with one attached hydrogen (secondary N) is 1. The lowest BCUT2D eigenvalue weighted by molar-refractivity contribution is -0.142. The van der Waals surface area contributed by atoms with Crippen molar-refractivity contribution >= 4 is 36.9 Å². The largest absolute Gasteiger partial charge is 0.466 e. The monoisotopic (exact) mass is 397 g/mol. The van der Waals surface area contributed by atoms with Crippen LogP contribution in [0.25, 0.3) is 11.0 Å². The quantitative estimate of drug-likeness (QED) is 0.430. The van der Waals surface area contributed by atoms with E-state index in [4.69, 9.17) is 20.8 Å². The van der Waals surface area contributed by atoms with E-state index in [0.717, 1.165) is 5.52 Å². The highest BCUT2D eigenvalue weighted by molar-refractivity contribution is 6.74. The number of imidazole rings is 1. The van der Waals surface area contributed by atoms with Gasteiger partial charge in [-0.1, -0.05) is 32.4 Å². The van der Waals surface area contributed by atoms with Crippen molar-refractivity contribution in [2.24, 2.45) is 0 Å². The van der Waals surface area contributed by atoms with Gasteiger partial charge in [0.2, 0.25) is 0 Å². The number of fused-ring (bicyclic) bond motifs is 1. The van der Waals surface area contributed by atoms with E-state index < -0.39 is 8.32 Å². The number of aromatic nitrogens is 3. The van der Waals surface area contributed by atoms with Gasteiger partial charge in [0, 0.05) is 6.07 Å². The van der Waals surface area contributed by atoms with Gasteiger partial charge in [0.05, 0.1) is 23.9 Å². The van der Waals surface area contributed by atoms with Crippen molar-refractivity contribution < 1.29 is 14.0 Å². The van der Waals surface area contributed by atoms with E-state index in [1.54, 1.807) is 13.0 Å². The Labute approximate surface area is 160 Å².